The average molecular weight is 320 g/mol. The van der Waals surface area contributed by atoms with Crippen molar-refractivity contribution in [1.29, 1.82) is 0 Å². The molecule has 7 nitrogen and oxygen atoms in total. The van der Waals surface area contributed by atoms with Crippen LogP contribution in [0, 0.1) is 0 Å². The molecule has 3 rings (SSSR count). The number of hydrogen-bond acceptors (Lipinski definition) is 7. The SMILES string of the molecule is COc1cc([C@@H]2Oc3cc(O)cc(O)c3C[C@H]2O)cc(O)c1O. The Labute approximate surface area is 131 Å². The fourth-order valence-corrected chi connectivity index (χ4v) is 2.68. The number of phenolic OH excluding ortho intramolecular Hbond substituents is 4. The molecule has 0 aliphatic carbocycles. The van der Waals surface area contributed by atoms with Crippen molar-refractivity contribution in [2.24, 2.45) is 0 Å². The number of aromatic hydroxyl groups is 4. The topological polar surface area (TPSA) is 120 Å². The summed E-state index contributed by atoms with van der Waals surface area (Å²) in [5, 5.41) is 49.1. The Kier molecular flexibility index (Phi) is 3.57. The van der Waals surface area contributed by atoms with Crippen molar-refractivity contribution >= 4 is 0 Å². The van der Waals surface area contributed by atoms with Crippen molar-refractivity contribution in [2.45, 2.75) is 18.6 Å². The summed E-state index contributed by atoms with van der Waals surface area (Å²) in [6, 6.07) is 5.21. The van der Waals surface area contributed by atoms with E-state index in [9.17, 15) is 25.5 Å². The normalized spacial score (nSPS) is 19.7. The van der Waals surface area contributed by atoms with Crippen LogP contribution in [-0.4, -0.2) is 38.7 Å². The Balaban J connectivity index is 2.03. The van der Waals surface area contributed by atoms with E-state index >= 15 is 0 Å². The average Bonchev–Trinajstić information content (AvgIpc) is 2.50. The van der Waals surface area contributed by atoms with Crippen LogP contribution in [0.2, 0.25) is 0 Å². The number of phenols is 4. The molecule has 0 saturated heterocycles. The number of benzene rings is 2. The van der Waals surface area contributed by atoms with Crippen molar-refractivity contribution in [3.05, 3.63) is 35.4 Å². The zero-order chi connectivity index (χ0) is 16.7. The van der Waals surface area contributed by atoms with Gasteiger partial charge in [0.25, 0.3) is 0 Å². The molecule has 2 aromatic carbocycles. The van der Waals surface area contributed by atoms with E-state index in [1.54, 1.807) is 0 Å². The molecule has 23 heavy (non-hydrogen) atoms. The monoisotopic (exact) mass is 320 g/mol. The van der Waals surface area contributed by atoms with Gasteiger partial charge in [-0.3, -0.25) is 0 Å². The molecule has 0 spiro atoms. The lowest BCUT2D eigenvalue weighted by Gasteiger charge is -2.31. The molecule has 1 aliphatic rings. The highest BCUT2D eigenvalue weighted by Gasteiger charge is 2.33. The molecular formula is C16H16O7. The van der Waals surface area contributed by atoms with Gasteiger partial charge < -0.3 is 35.0 Å². The number of aliphatic hydroxyl groups is 1. The Morgan fingerprint density at radius 1 is 1.04 bits per heavy atom. The van der Waals surface area contributed by atoms with E-state index < -0.39 is 23.7 Å². The molecule has 5 N–H and O–H groups in total. The minimum atomic E-state index is -0.994. The van der Waals surface area contributed by atoms with Gasteiger partial charge in [-0.15, -0.1) is 0 Å². The molecule has 7 heteroatoms. The number of aliphatic hydroxyl groups excluding tert-OH is 1. The van der Waals surface area contributed by atoms with E-state index in [1.165, 1.54) is 31.4 Å². The van der Waals surface area contributed by atoms with Gasteiger partial charge in [0.1, 0.15) is 17.2 Å². The molecule has 0 amide bonds. The second-order valence-corrected chi connectivity index (χ2v) is 5.34. The number of fused-ring (bicyclic) bond motifs is 1. The Morgan fingerprint density at radius 2 is 1.78 bits per heavy atom. The zero-order valence-electron chi connectivity index (χ0n) is 12.2. The predicted octanol–water partition coefficient (Wildman–Crippen LogP) is 1.55. The summed E-state index contributed by atoms with van der Waals surface area (Å²) in [7, 11) is 1.34. The Morgan fingerprint density at radius 3 is 2.48 bits per heavy atom. The van der Waals surface area contributed by atoms with Crippen LogP contribution in [0.4, 0.5) is 0 Å². The van der Waals surface area contributed by atoms with E-state index in [0.717, 1.165) is 0 Å². The number of hydrogen-bond donors (Lipinski definition) is 5. The third-order valence-electron chi connectivity index (χ3n) is 3.81. The summed E-state index contributed by atoms with van der Waals surface area (Å²) in [4.78, 5) is 0. The fourth-order valence-electron chi connectivity index (χ4n) is 2.68. The van der Waals surface area contributed by atoms with Gasteiger partial charge in [0.15, 0.2) is 17.6 Å². The van der Waals surface area contributed by atoms with Crippen LogP contribution >= 0.6 is 0 Å². The maximum Gasteiger partial charge on any atom is 0.200 e. The first-order valence-corrected chi connectivity index (χ1v) is 6.90. The van der Waals surface area contributed by atoms with Gasteiger partial charge in [-0.2, -0.15) is 0 Å². The second-order valence-electron chi connectivity index (χ2n) is 5.34. The lowest BCUT2D eigenvalue weighted by molar-refractivity contribution is 0.0196. The standard InChI is InChI=1S/C16H16O7/c1-22-14-3-7(2-11(19)15(14)21)16-12(20)6-9-10(18)4-8(17)5-13(9)23-16/h2-5,12,16-21H,6H2,1H3/t12-,16+/m1/s1. The molecule has 2 aromatic rings. The zero-order valence-corrected chi connectivity index (χ0v) is 12.2. The highest BCUT2D eigenvalue weighted by molar-refractivity contribution is 5.54. The van der Waals surface area contributed by atoms with Crippen LogP contribution in [-0.2, 0) is 6.42 Å². The summed E-state index contributed by atoms with van der Waals surface area (Å²) in [5.74, 6) is -0.854. The van der Waals surface area contributed by atoms with E-state index in [0.29, 0.717) is 11.1 Å². The largest absolute Gasteiger partial charge is 0.508 e. The van der Waals surface area contributed by atoms with Crippen LogP contribution in [0.25, 0.3) is 0 Å². The summed E-state index contributed by atoms with van der Waals surface area (Å²) < 4.78 is 10.6. The lowest BCUT2D eigenvalue weighted by Crippen LogP contribution is -2.30. The van der Waals surface area contributed by atoms with Gasteiger partial charge in [0.2, 0.25) is 5.75 Å². The maximum atomic E-state index is 10.3. The molecule has 0 saturated carbocycles. The number of rotatable bonds is 2. The van der Waals surface area contributed by atoms with E-state index in [4.69, 9.17) is 9.47 Å². The van der Waals surface area contributed by atoms with Crippen LogP contribution in [0.1, 0.15) is 17.2 Å². The van der Waals surface area contributed by atoms with Gasteiger partial charge in [-0.25, -0.2) is 0 Å². The molecule has 0 unspecified atom stereocenters. The van der Waals surface area contributed by atoms with Crippen molar-refractivity contribution in [3.8, 4) is 34.5 Å². The summed E-state index contributed by atoms with van der Waals surface area (Å²) in [6.07, 6.45) is -1.74. The first kappa shape index (κ1) is 15.1. The molecule has 0 aromatic heterocycles. The van der Waals surface area contributed by atoms with Crippen molar-refractivity contribution in [3.63, 3.8) is 0 Å². The minimum Gasteiger partial charge on any atom is -0.508 e. The highest BCUT2D eigenvalue weighted by Crippen LogP contribution is 2.44. The molecule has 1 heterocycles. The van der Waals surface area contributed by atoms with Gasteiger partial charge in [0.05, 0.1) is 13.2 Å². The molecule has 122 valence electrons. The third-order valence-corrected chi connectivity index (χ3v) is 3.81. The van der Waals surface area contributed by atoms with Gasteiger partial charge >= 0.3 is 0 Å². The van der Waals surface area contributed by atoms with Crippen LogP contribution < -0.4 is 9.47 Å². The number of methoxy groups -OCH3 is 1. The second kappa shape index (κ2) is 5.44. The molecule has 1 aliphatic heterocycles. The van der Waals surface area contributed by atoms with Gasteiger partial charge in [0, 0.05) is 29.7 Å². The van der Waals surface area contributed by atoms with E-state index in [1.807, 2.05) is 0 Å². The Bertz CT molecular complexity index is 757. The molecule has 0 radical (unpaired) electrons. The predicted molar refractivity (Wildman–Crippen MR) is 79.2 cm³/mol. The van der Waals surface area contributed by atoms with Crippen molar-refractivity contribution < 1.29 is 35.0 Å². The van der Waals surface area contributed by atoms with Crippen molar-refractivity contribution in [2.75, 3.05) is 7.11 Å². The quantitative estimate of drug-likeness (QED) is 0.533. The Hall–Kier alpha value is -2.80. The molecule has 0 fully saturated rings. The number of ether oxygens (including phenoxy) is 2. The van der Waals surface area contributed by atoms with E-state index in [-0.39, 0.29) is 29.4 Å². The lowest BCUT2D eigenvalue weighted by atomic mass is 9.93. The summed E-state index contributed by atoms with van der Waals surface area (Å²) >= 11 is 0. The third kappa shape index (κ3) is 2.55. The van der Waals surface area contributed by atoms with E-state index in [2.05, 4.69) is 0 Å². The molecule has 0 bridgehead atoms. The molecular weight excluding hydrogens is 304 g/mol. The fraction of sp³-hybridized carbons (Fsp3) is 0.250. The molecule has 2 atom stereocenters. The van der Waals surface area contributed by atoms with Crippen LogP contribution in [0.3, 0.4) is 0 Å². The van der Waals surface area contributed by atoms with Crippen LogP contribution in [0.5, 0.6) is 34.5 Å². The highest BCUT2D eigenvalue weighted by atomic mass is 16.5. The smallest absolute Gasteiger partial charge is 0.200 e. The minimum absolute atomic E-state index is 0.0420. The summed E-state index contributed by atoms with van der Waals surface area (Å²) in [6.45, 7) is 0. The first-order valence-electron chi connectivity index (χ1n) is 6.90. The van der Waals surface area contributed by atoms with Crippen LogP contribution in [0.15, 0.2) is 24.3 Å². The first-order chi connectivity index (χ1) is 10.9. The van der Waals surface area contributed by atoms with Crippen molar-refractivity contribution in [1.82, 2.24) is 0 Å². The van der Waals surface area contributed by atoms with Gasteiger partial charge in [-0.05, 0) is 12.1 Å². The summed E-state index contributed by atoms with van der Waals surface area (Å²) in [5.41, 5.74) is 0.777. The maximum absolute atomic E-state index is 10.3. The van der Waals surface area contributed by atoms with Gasteiger partial charge in [-0.1, -0.05) is 0 Å².